The van der Waals surface area contributed by atoms with Gasteiger partial charge >= 0.3 is 0 Å². The molecule has 2 heterocycles. The second kappa shape index (κ2) is 9.47. The van der Waals surface area contributed by atoms with Crippen LogP contribution in [0, 0.1) is 5.82 Å². The first-order chi connectivity index (χ1) is 16.4. The highest BCUT2D eigenvalue weighted by Crippen LogP contribution is 2.38. The van der Waals surface area contributed by atoms with Crippen molar-refractivity contribution in [2.24, 2.45) is 0 Å². The van der Waals surface area contributed by atoms with E-state index in [0.29, 0.717) is 11.2 Å². The van der Waals surface area contributed by atoms with Crippen molar-refractivity contribution in [1.29, 1.82) is 0 Å². The Morgan fingerprint density at radius 3 is 2.47 bits per heavy atom. The highest BCUT2D eigenvalue weighted by atomic mass is 79.9. The van der Waals surface area contributed by atoms with E-state index in [-0.39, 0.29) is 22.8 Å². The van der Waals surface area contributed by atoms with E-state index in [1.807, 2.05) is 28.8 Å². The predicted octanol–water partition coefficient (Wildman–Crippen LogP) is 5.28. The van der Waals surface area contributed by atoms with E-state index in [1.165, 1.54) is 12.1 Å². The van der Waals surface area contributed by atoms with Crippen LogP contribution in [-0.2, 0) is 0 Å². The van der Waals surface area contributed by atoms with Crippen molar-refractivity contribution >= 4 is 44.4 Å². The lowest BCUT2D eigenvalue weighted by Gasteiger charge is -2.35. The third-order valence-corrected chi connectivity index (χ3v) is 7.29. The van der Waals surface area contributed by atoms with Crippen molar-refractivity contribution in [2.75, 3.05) is 37.6 Å². The van der Waals surface area contributed by atoms with Gasteiger partial charge in [0.2, 0.25) is 5.43 Å². The predicted molar refractivity (Wildman–Crippen MR) is 138 cm³/mol. The van der Waals surface area contributed by atoms with E-state index in [0.717, 1.165) is 55.6 Å². The summed E-state index contributed by atoms with van der Waals surface area (Å²) in [6, 6.07) is 10.9. The summed E-state index contributed by atoms with van der Waals surface area (Å²) in [4.78, 5) is 30.7. The standard InChI is InChI=1S/C27H27BrFN3O2/c1-2-30-11-13-31(14-12-30)25-16-24-21(15-23(25)29)27(34)22(17-32(24)20-8-9-20)26(33)10-5-18-3-6-19(28)7-4-18/h3-7,10,15-17,20H,2,8-9,11-14H2,1H3. The van der Waals surface area contributed by atoms with E-state index in [2.05, 4.69) is 32.7 Å². The summed E-state index contributed by atoms with van der Waals surface area (Å²) < 4.78 is 18.2. The Kier molecular flexibility index (Phi) is 6.40. The molecule has 3 aromatic rings. The molecular formula is C27H27BrFN3O2. The fraction of sp³-hybridized carbons (Fsp3) is 0.333. The largest absolute Gasteiger partial charge is 0.367 e. The zero-order valence-electron chi connectivity index (χ0n) is 19.1. The molecule has 1 aliphatic heterocycles. The number of carbonyl (C=O) groups excluding carboxylic acids is 1. The molecule has 1 aromatic heterocycles. The zero-order valence-corrected chi connectivity index (χ0v) is 20.7. The molecule has 0 spiro atoms. The lowest BCUT2D eigenvalue weighted by Crippen LogP contribution is -2.46. The Labute approximate surface area is 206 Å². The number of halogens is 2. The summed E-state index contributed by atoms with van der Waals surface area (Å²) in [5.41, 5.74) is 1.76. The van der Waals surface area contributed by atoms with Crippen LogP contribution in [0.15, 0.2) is 57.9 Å². The SMILES string of the molecule is CCN1CCN(c2cc3c(cc2F)c(=O)c(C(=O)C=Cc2ccc(Br)cc2)cn3C2CC2)CC1. The van der Waals surface area contributed by atoms with Gasteiger partial charge in [-0.1, -0.05) is 41.1 Å². The second-order valence-electron chi connectivity index (χ2n) is 9.00. The van der Waals surface area contributed by atoms with E-state index in [4.69, 9.17) is 0 Å². The van der Waals surface area contributed by atoms with Gasteiger partial charge < -0.3 is 14.4 Å². The first-order valence-electron chi connectivity index (χ1n) is 11.8. The molecule has 1 aliphatic carbocycles. The molecule has 0 atom stereocenters. The van der Waals surface area contributed by atoms with Gasteiger partial charge in [0.25, 0.3) is 0 Å². The molecule has 1 saturated heterocycles. The van der Waals surface area contributed by atoms with Crippen LogP contribution < -0.4 is 10.3 Å². The lowest BCUT2D eigenvalue weighted by atomic mass is 10.1. The number of carbonyl (C=O) groups is 1. The van der Waals surface area contributed by atoms with E-state index in [9.17, 15) is 9.59 Å². The van der Waals surface area contributed by atoms with Gasteiger partial charge in [0.15, 0.2) is 5.78 Å². The molecule has 7 heteroatoms. The van der Waals surface area contributed by atoms with Crippen molar-refractivity contribution < 1.29 is 9.18 Å². The van der Waals surface area contributed by atoms with Gasteiger partial charge in [0.05, 0.1) is 16.8 Å². The second-order valence-corrected chi connectivity index (χ2v) is 9.92. The number of fused-ring (bicyclic) bond motifs is 1. The monoisotopic (exact) mass is 523 g/mol. The summed E-state index contributed by atoms with van der Waals surface area (Å²) in [6.45, 7) is 6.40. The maximum Gasteiger partial charge on any atom is 0.200 e. The Hall–Kier alpha value is -2.77. The number of hydrogen-bond acceptors (Lipinski definition) is 4. The number of likely N-dealkylation sites (N-methyl/N-ethyl adjacent to an activating group) is 1. The molecule has 0 radical (unpaired) electrons. The van der Waals surface area contributed by atoms with Crippen LogP contribution in [0.3, 0.4) is 0 Å². The van der Waals surface area contributed by atoms with Crippen LogP contribution >= 0.6 is 15.9 Å². The fourth-order valence-electron chi connectivity index (χ4n) is 4.57. The van der Waals surface area contributed by atoms with Gasteiger partial charge in [-0.05, 0) is 55.3 Å². The van der Waals surface area contributed by atoms with Crippen LogP contribution in [-0.4, -0.2) is 48.0 Å². The number of ketones is 1. The molecule has 0 N–H and O–H groups in total. The van der Waals surface area contributed by atoms with Crippen LogP contribution in [0.1, 0.15) is 41.7 Å². The Balaban J connectivity index is 1.52. The number of benzene rings is 2. The highest BCUT2D eigenvalue weighted by molar-refractivity contribution is 9.10. The molecule has 2 fully saturated rings. The smallest absolute Gasteiger partial charge is 0.200 e. The normalized spacial score (nSPS) is 17.1. The summed E-state index contributed by atoms with van der Waals surface area (Å²) in [6.07, 6.45) is 6.76. The van der Waals surface area contributed by atoms with Gasteiger partial charge in [-0.25, -0.2) is 4.39 Å². The van der Waals surface area contributed by atoms with Crippen molar-refractivity contribution in [3.05, 3.63) is 80.3 Å². The molecule has 176 valence electrons. The topological polar surface area (TPSA) is 45.6 Å². The molecule has 0 unspecified atom stereocenters. The van der Waals surface area contributed by atoms with Crippen molar-refractivity contribution in [1.82, 2.24) is 9.47 Å². The average molecular weight is 524 g/mol. The summed E-state index contributed by atoms with van der Waals surface area (Å²) in [5, 5.41) is 0.267. The van der Waals surface area contributed by atoms with Gasteiger partial charge in [-0.3, -0.25) is 9.59 Å². The number of aromatic nitrogens is 1. The number of anilines is 1. The maximum atomic E-state index is 15.2. The molecule has 34 heavy (non-hydrogen) atoms. The Morgan fingerprint density at radius 1 is 1.12 bits per heavy atom. The van der Waals surface area contributed by atoms with Gasteiger partial charge in [0, 0.05) is 48.3 Å². The Morgan fingerprint density at radius 2 is 1.82 bits per heavy atom. The van der Waals surface area contributed by atoms with Crippen LogP contribution in [0.25, 0.3) is 17.0 Å². The van der Waals surface area contributed by atoms with E-state index >= 15 is 4.39 Å². The van der Waals surface area contributed by atoms with Crippen LogP contribution in [0.5, 0.6) is 0 Å². The first kappa shape index (κ1) is 23.0. The minimum atomic E-state index is -0.418. The highest BCUT2D eigenvalue weighted by Gasteiger charge is 2.28. The number of nitrogens with zero attached hydrogens (tertiary/aromatic N) is 3. The lowest BCUT2D eigenvalue weighted by molar-refractivity contribution is 0.104. The summed E-state index contributed by atoms with van der Waals surface area (Å²) >= 11 is 3.39. The molecule has 0 bridgehead atoms. The summed E-state index contributed by atoms with van der Waals surface area (Å²) in [5.74, 6) is -0.781. The number of pyridine rings is 1. The minimum Gasteiger partial charge on any atom is -0.367 e. The van der Waals surface area contributed by atoms with Gasteiger partial charge in [-0.15, -0.1) is 0 Å². The maximum absolute atomic E-state index is 15.2. The molecule has 5 rings (SSSR count). The minimum absolute atomic E-state index is 0.0801. The molecular weight excluding hydrogens is 497 g/mol. The number of hydrogen-bond donors (Lipinski definition) is 0. The molecule has 1 saturated carbocycles. The number of allylic oxidation sites excluding steroid dienone is 1. The van der Waals surface area contributed by atoms with Crippen LogP contribution in [0.2, 0.25) is 0 Å². The zero-order chi connectivity index (χ0) is 23.8. The molecule has 2 aliphatic rings. The first-order valence-corrected chi connectivity index (χ1v) is 12.6. The third-order valence-electron chi connectivity index (χ3n) is 6.76. The summed E-state index contributed by atoms with van der Waals surface area (Å²) in [7, 11) is 0. The van der Waals surface area contributed by atoms with Gasteiger partial charge in [-0.2, -0.15) is 0 Å². The van der Waals surface area contributed by atoms with E-state index in [1.54, 1.807) is 18.3 Å². The fourth-order valence-corrected chi connectivity index (χ4v) is 4.84. The van der Waals surface area contributed by atoms with Gasteiger partial charge in [0.1, 0.15) is 5.82 Å². The Bertz CT molecular complexity index is 1320. The number of piperazine rings is 1. The third kappa shape index (κ3) is 4.59. The number of rotatable bonds is 6. The van der Waals surface area contributed by atoms with Crippen molar-refractivity contribution in [3.8, 4) is 0 Å². The van der Waals surface area contributed by atoms with Crippen molar-refractivity contribution in [2.45, 2.75) is 25.8 Å². The van der Waals surface area contributed by atoms with Crippen molar-refractivity contribution in [3.63, 3.8) is 0 Å². The van der Waals surface area contributed by atoms with Crippen LogP contribution in [0.4, 0.5) is 10.1 Å². The molecule has 0 amide bonds. The molecule has 5 nitrogen and oxygen atoms in total. The quantitative estimate of drug-likeness (QED) is 0.326. The van der Waals surface area contributed by atoms with E-state index < -0.39 is 11.2 Å². The average Bonchev–Trinajstić information content (AvgIpc) is 3.69. The molecule has 2 aromatic carbocycles.